The van der Waals surface area contributed by atoms with Gasteiger partial charge in [0.2, 0.25) is 5.91 Å². The van der Waals surface area contributed by atoms with Crippen molar-refractivity contribution in [1.29, 1.82) is 5.26 Å². The molecule has 1 amide bonds. The molecule has 0 N–H and O–H groups in total. The largest absolute Gasteiger partial charge is 0.308 e. The Morgan fingerprint density at radius 2 is 2.11 bits per heavy atom. The number of nitriles is 1. The van der Waals surface area contributed by atoms with Crippen LogP contribution in [0.25, 0.3) is 0 Å². The van der Waals surface area contributed by atoms with Crippen LogP contribution in [0.5, 0.6) is 0 Å². The standard InChI is InChI=1S/C13H12N2O3S/c14-6-9-2-1-3-11(4-9)15-12-8-19(17,18)7-10(12)5-13(15)16/h1-4,10,12H,5,7-8H2. The second kappa shape index (κ2) is 4.07. The summed E-state index contributed by atoms with van der Waals surface area (Å²) in [5.41, 5.74) is 1.09. The third-order valence-electron chi connectivity index (χ3n) is 3.73. The van der Waals surface area contributed by atoms with Gasteiger partial charge in [0.1, 0.15) is 0 Å². The number of benzene rings is 1. The molecule has 1 aromatic carbocycles. The number of amides is 1. The lowest BCUT2D eigenvalue weighted by Crippen LogP contribution is -2.36. The van der Waals surface area contributed by atoms with Crippen LogP contribution in [0.1, 0.15) is 12.0 Å². The average molecular weight is 276 g/mol. The lowest BCUT2D eigenvalue weighted by Gasteiger charge is -2.23. The maximum absolute atomic E-state index is 12.0. The van der Waals surface area contributed by atoms with Crippen molar-refractivity contribution in [1.82, 2.24) is 0 Å². The summed E-state index contributed by atoms with van der Waals surface area (Å²) in [6.07, 6.45) is 0.278. The van der Waals surface area contributed by atoms with Gasteiger partial charge < -0.3 is 4.90 Å². The maximum atomic E-state index is 12.0. The fourth-order valence-electron chi connectivity index (χ4n) is 2.95. The zero-order valence-electron chi connectivity index (χ0n) is 10.1. The Hall–Kier alpha value is -1.87. The van der Waals surface area contributed by atoms with Gasteiger partial charge in [-0.15, -0.1) is 0 Å². The van der Waals surface area contributed by atoms with E-state index in [0.717, 1.165) is 0 Å². The Morgan fingerprint density at radius 3 is 2.84 bits per heavy atom. The lowest BCUT2D eigenvalue weighted by atomic mass is 10.0. The van der Waals surface area contributed by atoms with Crippen LogP contribution in [0.15, 0.2) is 24.3 Å². The molecule has 2 fully saturated rings. The highest BCUT2D eigenvalue weighted by Crippen LogP contribution is 2.37. The number of rotatable bonds is 1. The number of carbonyl (C=O) groups is 1. The molecule has 1 aromatic rings. The van der Waals surface area contributed by atoms with Crippen molar-refractivity contribution in [2.75, 3.05) is 16.4 Å². The van der Waals surface area contributed by atoms with Crippen LogP contribution >= 0.6 is 0 Å². The van der Waals surface area contributed by atoms with Crippen molar-refractivity contribution >= 4 is 21.4 Å². The number of carbonyl (C=O) groups excluding carboxylic acids is 1. The van der Waals surface area contributed by atoms with Gasteiger partial charge in [0.15, 0.2) is 9.84 Å². The minimum atomic E-state index is -3.04. The first-order chi connectivity index (χ1) is 9.00. The molecule has 0 radical (unpaired) electrons. The van der Waals surface area contributed by atoms with E-state index in [1.807, 2.05) is 6.07 Å². The average Bonchev–Trinajstić information content (AvgIpc) is 2.79. The highest BCUT2D eigenvalue weighted by molar-refractivity contribution is 7.91. The predicted octanol–water partition coefficient (Wildman–Crippen LogP) is 0.708. The van der Waals surface area contributed by atoms with Crippen molar-refractivity contribution < 1.29 is 13.2 Å². The molecule has 2 aliphatic heterocycles. The second-order valence-corrected chi connectivity index (χ2v) is 7.19. The van der Waals surface area contributed by atoms with Crippen molar-refractivity contribution in [3.8, 4) is 6.07 Å². The third-order valence-corrected chi connectivity index (χ3v) is 5.51. The smallest absolute Gasteiger partial charge is 0.227 e. The van der Waals surface area contributed by atoms with E-state index in [1.165, 1.54) is 0 Å². The molecule has 0 aliphatic carbocycles. The van der Waals surface area contributed by atoms with Gasteiger partial charge in [0.05, 0.1) is 29.2 Å². The van der Waals surface area contributed by atoms with Crippen LogP contribution in [0.3, 0.4) is 0 Å². The normalized spacial score (nSPS) is 28.2. The van der Waals surface area contributed by atoms with Crippen LogP contribution in [0.2, 0.25) is 0 Å². The Kier molecular flexibility index (Phi) is 2.61. The fourth-order valence-corrected chi connectivity index (χ4v) is 5.02. The molecule has 5 nitrogen and oxygen atoms in total. The zero-order chi connectivity index (χ0) is 13.6. The van der Waals surface area contributed by atoms with E-state index in [0.29, 0.717) is 11.3 Å². The minimum absolute atomic E-state index is 0.0280. The number of fused-ring (bicyclic) bond motifs is 1. The molecule has 0 spiro atoms. The minimum Gasteiger partial charge on any atom is -0.308 e. The summed E-state index contributed by atoms with van der Waals surface area (Å²) in [5, 5.41) is 8.89. The third kappa shape index (κ3) is 2.00. The summed E-state index contributed by atoms with van der Waals surface area (Å²) in [6.45, 7) is 0. The summed E-state index contributed by atoms with van der Waals surface area (Å²) < 4.78 is 23.3. The van der Waals surface area contributed by atoms with Crippen LogP contribution in [-0.2, 0) is 14.6 Å². The number of hydrogen-bond acceptors (Lipinski definition) is 4. The fraction of sp³-hybridized carbons (Fsp3) is 0.385. The van der Waals surface area contributed by atoms with Gasteiger partial charge in [-0.05, 0) is 18.2 Å². The molecule has 0 aromatic heterocycles. The first-order valence-corrected chi connectivity index (χ1v) is 7.85. The summed E-state index contributed by atoms with van der Waals surface area (Å²) in [5.74, 6) is -0.0406. The van der Waals surface area contributed by atoms with Crippen molar-refractivity contribution in [3.63, 3.8) is 0 Å². The summed E-state index contributed by atoms with van der Waals surface area (Å²) in [6, 6.07) is 8.49. The van der Waals surface area contributed by atoms with Crippen LogP contribution < -0.4 is 4.90 Å². The summed E-state index contributed by atoms with van der Waals surface area (Å²) >= 11 is 0. The van der Waals surface area contributed by atoms with E-state index >= 15 is 0 Å². The quantitative estimate of drug-likeness (QED) is 0.756. The lowest BCUT2D eigenvalue weighted by molar-refractivity contribution is -0.117. The number of anilines is 1. The van der Waals surface area contributed by atoms with Crippen molar-refractivity contribution in [2.45, 2.75) is 12.5 Å². The topological polar surface area (TPSA) is 78.2 Å². The Morgan fingerprint density at radius 1 is 1.32 bits per heavy atom. The Balaban J connectivity index is 2.00. The van der Waals surface area contributed by atoms with E-state index in [4.69, 9.17) is 5.26 Å². The van der Waals surface area contributed by atoms with E-state index in [2.05, 4.69) is 0 Å². The molecule has 2 saturated heterocycles. The van der Waals surface area contributed by atoms with Crippen LogP contribution in [-0.4, -0.2) is 31.9 Å². The summed E-state index contributed by atoms with van der Waals surface area (Å²) in [4.78, 5) is 13.6. The molecule has 19 heavy (non-hydrogen) atoms. The molecular weight excluding hydrogens is 264 g/mol. The molecule has 0 saturated carbocycles. The number of nitrogens with zero attached hydrogens (tertiary/aromatic N) is 2. The van der Waals surface area contributed by atoms with Gasteiger partial charge in [-0.25, -0.2) is 8.42 Å². The first kappa shape index (κ1) is 12.2. The van der Waals surface area contributed by atoms with Gasteiger partial charge in [-0.2, -0.15) is 5.26 Å². The van der Waals surface area contributed by atoms with Crippen molar-refractivity contribution in [3.05, 3.63) is 29.8 Å². The molecule has 2 aliphatic rings. The molecule has 2 atom stereocenters. The number of sulfone groups is 1. The SMILES string of the molecule is N#Cc1cccc(N2C(=O)CC3CS(=O)(=O)CC32)c1. The maximum Gasteiger partial charge on any atom is 0.227 e. The molecule has 2 unspecified atom stereocenters. The molecular formula is C13H12N2O3S. The highest BCUT2D eigenvalue weighted by Gasteiger charge is 2.49. The van der Waals surface area contributed by atoms with E-state index in [1.54, 1.807) is 29.2 Å². The van der Waals surface area contributed by atoms with Gasteiger partial charge in [-0.1, -0.05) is 6.07 Å². The molecule has 3 rings (SSSR count). The van der Waals surface area contributed by atoms with E-state index in [-0.39, 0.29) is 35.8 Å². The first-order valence-electron chi connectivity index (χ1n) is 6.03. The van der Waals surface area contributed by atoms with Gasteiger partial charge >= 0.3 is 0 Å². The molecule has 6 heteroatoms. The summed E-state index contributed by atoms with van der Waals surface area (Å²) in [7, 11) is -3.04. The van der Waals surface area contributed by atoms with Gasteiger partial charge in [0, 0.05) is 18.0 Å². The molecule has 2 heterocycles. The predicted molar refractivity (Wildman–Crippen MR) is 69.2 cm³/mol. The van der Waals surface area contributed by atoms with Crippen LogP contribution in [0.4, 0.5) is 5.69 Å². The highest BCUT2D eigenvalue weighted by atomic mass is 32.2. The van der Waals surface area contributed by atoms with E-state index < -0.39 is 9.84 Å². The zero-order valence-corrected chi connectivity index (χ0v) is 10.9. The number of hydrogen-bond donors (Lipinski definition) is 0. The van der Waals surface area contributed by atoms with Crippen LogP contribution in [0, 0.1) is 17.2 Å². The monoisotopic (exact) mass is 276 g/mol. The Bertz CT molecular complexity index is 690. The Labute approximate surface area is 111 Å². The van der Waals surface area contributed by atoms with Gasteiger partial charge in [0.25, 0.3) is 0 Å². The second-order valence-electron chi connectivity index (χ2n) is 5.03. The van der Waals surface area contributed by atoms with Gasteiger partial charge in [-0.3, -0.25) is 4.79 Å². The molecule has 98 valence electrons. The van der Waals surface area contributed by atoms with E-state index in [9.17, 15) is 13.2 Å². The molecule has 0 bridgehead atoms. The van der Waals surface area contributed by atoms with Crippen molar-refractivity contribution in [2.24, 2.45) is 5.92 Å².